The minimum Gasteiger partial charge on any atom is -0.295 e. The van der Waals surface area contributed by atoms with Crippen LogP contribution in [0.5, 0.6) is 0 Å². The fourth-order valence-corrected chi connectivity index (χ4v) is 2.99. The standard InChI is InChI=1S/C11H21N/c1-8-10-6-5-9(10)7-12(8)11(2,3)4/h8-10H,5-7H2,1-4H3/t8-,9+,10-/m1/s1. The van der Waals surface area contributed by atoms with E-state index in [2.05, 4.69) is 32.6 Å². The van der Waals surface area contributed by atoms with Crippen molar-refractivity contribution in [3.8, 4) is 0 Å². The third-order valence-electron chi connectivity index (χ3n) is 3.88. The number of nitrogens with zero attached hydrogens (tertiary/aromatic N) is 1. The van der Waals surface area contributed by atoms with Crippen LogP contribution in [-0.2, 0) is 0 Å². The maximum Gasteiger partial charge on any atom is 0.0128 e. The zero-order valence-corrected chi connectivity index (χ0v) is 8.80. The molecule has 1 aliphatic heterocycles. The van der Waals surface area contributed by atoms with E-state index in [0.29, 0.717) is 5.54 Å². The van der Waals surface area contributed by atoms with Crippen LogP contribution in [0.25, 0.3) is 0 Å². The molecule has 1 heterocycles. The summed E-state index contributed by atoms with van der Waals surface area (Å²) in [5.74, 6) is 2.07. The van der Waals surface area contributed by atoms with Crippen LogP contribution in [0.2, 0.25) is 0 Å². The minimum atomic E-state index is 0.386. The molecule has 2 aliphatic rings. The number of rotatable bonds is 0. The monoisotopic (exact) mass is 167 g/mol. The molecule has 0 radical (unpaired) electrons. The summed E-state index contributed by atoms with van der Waals surface area (Å²) < 4.78 is 0. The molecule has 1 nitrogen and oxygen atoms in total. The topological polar surface area (TPSA) is 3.24 Å². The predicted octanol–water partition coefficient (Wildman–Crippen LogP) is 2.52. The number of hydrogen-bond acceptors (Lipinski definition) is 1. The van der Waals surface area contributed by atoms with E-state index in [4.69, 9.17) is 0 Å². The lowest BCUT2D eigenvalue weighted by Crippen LogP contribution is -2.44. The summed E-state index contributed by atoms with van der Waals surface area (Å²) in [7, 11) is 0. The summed E-state index contributed by atoms with van der Waals surface area (Å²) in [6, 6.07) is 0.837. The molecule has 0 unspecified atom stereocenters. The summed E-state index contributed by atoms with van der Waals surface area (Å²) in [5.41, 5.74) is 0.386. The molecule has 0 aromatic rings. The maximum absolute atomic E-state index is 2.69. The van der Waals surface area contributed by atoms with Gasteiger partial charge in [-0.05, 0) is 52.4 Å². The molecule has 2 fully saturated rings. The van der Waals surface area contributed by atoms with Gasteiger partial charge in [-0.2, -0.15) is 0 Å². The Balaban J connectivity index is 2.09. The van der Waals surface area contributed by atoms with E-state index in [1.807, 2.05) is 0 Å². The van der Waals surface area contributed by atoms with Crippen molar-refractivity contribution in [2.24, 2.45) is 11.8 Å². The normalized spacial score (nSPS) is 42.5. The maximum atomic E-state index is 2.69. The van der Waals surface area contributed by atoms with Gasteiger partial charge in [0.2, 0.25) is 0 Å². The lowest BCUT2D eigenvalue weighted by Gasteiger charge is -2.37. The fraction of sp³-hybridized carbons (Fsp3) is 1.00. The van der Waals surface area contributed by atoms with Crippen molar-refractivity contribution in [3.05, 3.63) is 0 Å². The Morgan fingerprint density at radius 3 is 2.08 bits per heavy atom. The van der Waals surface area contributed by atoms with Crippen LogP contribution in [0.15, 0.2) is 0 Å². The van der Waals surface area contributed by atoms with Gasteiger partial charge in [0.05, 0.1) is 0 Å². The van der Waals surface area contributed by atoms with Crippen molar-refractivity contribution in [3.63, 3.8) is 0 Å². The number of likely N-dealkylation sites (tertiary alicyclic amines) is 1. The molecule has 1 aliphatic carbocycles. The number of hydrogen-bond donors (Lipinski definition) is 0. The van der Waals surface area contributed by atoms with Crippen LogP contribution in [0, 0.1) is 11.8 Å². The van der Waals surface area contributed by atoms with E-state index >= 15 is 0 Å². The molecular weight excluding hydrogens is 146 g/mol. The Kier molecular flexibility index (Phi) is 1.76. The van der Waals surface area contributed by atoms with E-state index in [1.54, 1.807) is 0 Å². The second-order valence-corrected chi connectivity index (χ2v) is 5.57. The summed E-state index contributed by atoms with van der Waals surface area (Å²) in [6.07, 6.45) is 2.97. The highest BCUT2D eigenvalue weighted by molar-refractivity contribution is 5.00. The smallest absolute Gasteiger partial charge is 0.0128 e. The van der Waals surface area contributed by atoms with Crippen molar-refractivity contribution < 1.29 is 0 Å². The Hall–Kier alpha value is -0.0400. The fourth-order valence-electron chi connectivity index (χ4n) is 2.99. The van der Waals surface area contributed by atoms with Gasteiger partial charge in [-0.15, -0.1) is 0 Å². The lowest BCUT2D eigenvalue weighted by molar-refractivity contribution is 0.116. The molecule has 1 saturated heterocycles. The van der Waals surface area contributed by atoms with E-state index in [0.717, 1.165) is 17.9 Å². The van der Waals surface area contributed by atoms with E-state index in [9.17, 15) is 0 Å². The highest BCUT2D eigenvalue weighted by atomic mass is 15.2. The first-order chi connectivity index (χ1) is 5.50. The molecule has 1 heteroatoms. The van der Waals surface area contributed by atoms with Gasteiger partial charge in [-0.3, -0.25) is 4.90 Å². The first kappa shape index (κ1) is 8.55. The quantitative estimate of drug-likeness (QED) is 0.536. The SMILES string of the molecule is C[C@@H]1[C@H]2CC[C@H]2CN1C(C)(C)C. The van der Waals surface area contributed by atoms with Crippen LogP contribution in [0.4, 0.5) is 0 Å². The third-order valence-corrected chi connectivity index (χ3v) is 3.88. The van der Waals surface area contributed by atoms with Crippen LogP contribution < -0.4 is 0 Å². The summed E-state index contributed by atoms with van der Waals surface area (Å²) >= 11 is 0. The van der Waals surface area contributed by atoms with Gasteiger partial charge in [-0.1, -0.05) is 0 Å². The second-order valence-electron chi connectivity index (χ2n) is 5.57. The summed E-state index contributed by atoms with van der Waals surface area (Å²) in [5, 5.41) is 0. The van der Waals surface area contributed by atoms with E-state index in [-0.39, 0.29) is 0 Å². The van der Waals surface area contributed by atoms with Crippen molar-refractivity contribution in [2.75, 3.05) is 6.54 Å². The molecule has 12 heavy (non-hydrogen) atoms. The molecular formula is C11H21N. The first-order valence-corrected chi connectivity index (χ1v) is 5.27. The van der Waals surface area contributed by atoms with Crippen LogP contribution in [-0.4, -0.2) is 23.0 Å². The summed E-state index contributed by atoms with van der Waals surface area (Å²) in [6.45, 7) is 10.8. The zero-order valence-electron chi connectivity index (χ0n) is 8.80. The van der Waals surface area contributed by atoms with Gasteiger partial charge in [-0.25, -0.2) is 0 Å². The molecule has 0 N–H and O–H groups in total. The van der Waals surface area contributed by atoms with Gasteiger partial charge in [0.15, 0.2) is 0 Å². The van der Waals surface area contributed by atoms with Gasteiger partial charge in [0.25, 0.3) is 0 Å². The molecule has 0 aromatic heterocycles. The van der Waals surface area contributed by atoms with Gasteiger partial charge in [0, 0.05) is 18.1 Å². The Labute approximate surface area is 76.1 Å². The Bertz CT molecular complexity index is 180. The van der Waals surface area contributed by atoms with E-state index < -0.39 is 0 Å². The molecule has 0 bridgehead atoms. The first-order valence-electron chi connectivity index (χ1n) is 5.27. The molecule has 70 valence electrons. The van der Waals surface area contributed by atoms with E-state index in [1.165, 1.54) is 19.4 Å². The highest BCUT2D eigenvalue weighted by Gasteiger charge is 2.47. The van der Waals surface area contributed by atoms with Crippen LogP contribution in [0.3, 0.4) is 0 Å². The molecule has 3 atom stereocenters. The molecule has 0 amide bonds. The van der Waals surface area contributed by atoms with Gasteiger partial charge >= 0.3 is 0 Å². The molecule has 0 spiro atoms. The highest BCUT2D eigenvalue weighted by Crippen LogP contribution is 2.46. The lowest BCUT2D eigenvalue weighted by atomic mass is 9.73. The second kappa shape index (κ2) is 2.47. The third kappa shape index (κ3) is 1.10. The average molecular weight is 167 g/mol. The van der Waals surface area contributed by atoms with Gasteiger partial charge < -0.3 is 0 Å². The number of fused-ring (bicyclic) bond motifs is 1. The predicted molar refractivity (Wildman–Crippen MR) is 52.1 cm³/mol. The van der Waals surface area contributed by atoms with Gasteiger partial charge in [0.1, 0.15) is 0 Å². The zero-order chi connectivity index (χ0) is 8.93. The Morgan fingerprint density at radius 2 is 1.83 bits per heavy atom. The largest absolute Gasteiger partial charge is 0.295 e. The van der Waals surface area contributed by atoms with Crippen LogP contribution in [0.1, 0.15) is 40.5 Å². The molecule has 1 saturated carbocycles. The Morgan fingerprint density at radius 1 is 1.17 bits per heavy atom. The van der Waals surface area contributed by atoms with Crippen molar-refractivity contribution in [1.82, 2.24) is 4.90 Å². The van der Waals surface area contributed by atoms with Crippen LogP contribution >= 0.6 is 0 Å². The summed E-state index contributed by atoms with van der Waals surface area (Å²) in [4.78, 5) is 2.69. The van der Waals surface area contributed by atoms with Crippen molar-refractivity contribution >= 4 is 0 Å². The molecule has 0 aromatic carbocycles. The minimum absolute atomic E-state index is 0.386. The average Bonchev–Trinajstić information content (AvgIpc) is 2.00. The molecule has 2 rings (SSSR count). The van der Waals surface area contributed by atoms with Crippen molar-refractivity contribution in [2.45, 2.75) is 52.1 Å². The van der Waals surface area contributed by atoms with Crippen molar-refractivity contribution in [1.29, 1.82) is 0 Å².